The fourth-order valence-corrected chi connectivity index (χ4v) is 3.33. The van der Waals surface area contributed by atoms with Crippen LogP contribution in [-0.2, 0) is 11.5 Å². The highest BCUT2D eigenvalue weighted by Gasteiger charge is 2.06. The van der Waals surface area contributed by atoms with Crippen LogP contribution in [0.3, 0.4) is 0 Å². The summed E-state index contributed by atoms with van der Waals surface area (Å²) in [6, 6.07) is 4.66. The Morgan fingerprint density at radius 1 is 0.833 bits per heavy atom. The van der Waals surface area contributed by atoms with E-state index in [0.717, 1.165) is 36.1 Å². The number of aryl methyl sites for hydroxylation is 2. The van der Waals surface area contributed by atoms with Crippen molar-refractivity contribution in [3.8, 4) is 0 Å². The maximum absolute atomic E-state index is 5.54. The van der Waals surface area contributed by atoms with Crippen LogP contribution in [-0.4, -0.2) is 24.6 Å². The van der Waals surface area contributed by atoms with Crippen molar-refractivity contribution < 1.29 is 0 Å². The molecule has 4 N–H and O–H groups in total. The van der Waals surface area contributed by atoms with Crippen LogP contribution in [0.1, 0.15) is 22.3 Å². The summed E-state index contributed by atoms with van der Waals surface area (Å²) >= 11 is 3.83. The van der Waals surface area contributed by atoms with Crippen LogP contribution in [0.4, 0.5) is 0 Å². The molecule has 0 unspecified atom stereocenters. The molecule has 0 heterocycles. The third kappa shape index (κ3) is 5.22. The molecule has 0 aromatic heterocycles. The lowest BCUT2D eigenvalue weighted by Gasteiger charge is -2.12. The molecule has 1 rings (SSSR count). The zero-order valence-electron chi connectivity index (χ0n) is 11.4. The van der Waals surface area contributed by atoms with E-state index in [1.807, 2.05) is 23.5 Å². The van der Waals surface area contributed by atoms with Crippen LogP contribution in [0.5, 0.6) is 0 Å². The largest absolute Gasteiger partial charge is 0.330 e. The monoisotopic (exact) mass is 284 g/mol. The van der Waals surface area contributed by atoms with Gasteiger partial charge in [0.1, 0.15) is 0 Å². The van der Waals surface area contributed by atoms with Gasteiger partial charge in [0, 0.05) is 36.1 Å². The second kappa shape index (κ2) is 8.86. The van der Waals surface area contributed by atoms with Gasteiger partial charge in [-0.05, 0) is 36.1 Å². The number of hydrogen-bond acceptors (Lipinski definition) is 4. The number of rotatable bonds is 8. The SMILES string of the molecule is Cc1cc(CSCCN)c(CSCCN)cc1C. The predicted molar refractivity (Wildman–Crippen MR) is 86.3 cm³/mol. The fraction of sp³-hybridized carbons (Fsp3) is 0.571. The van der Waals surface area contributed by atoms with Crippen LogP contribution in [0.15, 0.2) is 12.1 Å². The van der Waals surface area contributed by atoms with E-state index in [-0.39, 0.29) is 0 Å². The Morgan fingerprint density at radius 2 is 1.22 bits per heavy atom. The molecule has 2 nitrogen and oxygen atoms in total. The molecule has 0 radical (unpaired) electrons. The summed E-state index contributed by atoms with van der Waals surface area (Å²) in [6.45, 7) is 5.88. The highest BCUT2D eigenvalue weighted by molar-refractivity contribution is 7.98. The van der Waals surface area contributed by atoms with Crippen LogP contribution in [0.2, 0.25) is 0 Å². The Hall–Kier alpha value is -0.160. The van der Waals surface area contributed by atoms with Gasteiger partial charge in [0.2, 0.25) is 0 Å². The summed E-state index contributed by atoms with van der Waals surface area (Å²) in [5, 5.41) is 0. The van der Waals surface area contributed by atoms with E-state index in [1.165, 1.54) is 22.3 Å². The summed E-state index contributed by atoms with van der Waals surface area (Å²) in [7, 11) is 0. The Balaban J connectivity index is 2.73. The second-order valence-corrected chi connectivity index (χ2v) is 6.60. The molecule has 102 valence electrons. The minimum atomic E-state index is 0.757. The smallest absolute Gasteiger partial charge is 0.0188 e. The van der Waals surface area contributed by atoms with Crippen molar-refractivity contribution in [2.75, 3.05) is 24.6 Å². The maximum Gasteiger partial charge on any atom is 0.0188 e. The molecule has 0 saturated heterocycles. The van der Waals surface area contributed by atoms with E-state index in [0.29, 0.717) is 0 Å². The Morgan fingerprint density at radius 3 is 1.56 bits per heavy atom. The third-order valence-electron chi connectivity index (χ3n) is 2.86. The van der Waals surface area contributed by atoms with Gasteiger partial charge in [0.05, 0.1) is 0 Å². The van der Waals surface area contributed by atoms with Gasteiger partial charge in [-0.3, -0.25) is 0 Å². The average Bonchev–Trinajstić information content (AvgIpc) is 2.35. The van der Waals surface area contributed by atoms with Crippen molar-refractivity contribution >= 4 is 23.5 Å². The molecule has 0 aliphatic carbocycles. The molecule has 0 atom stereocenters. The number of thioether (sulfide) groups is 2. The zero-order chi connectivity index (χ0) is 13.4. The predicted octanol–water partition coefficient (Wildman–Crippen LogP) is 2.69. The molecule has 0 fully saturated rings. The minimum absolute atomic E-state index is 0.757. The lowest BCUT2D eigenvalue weighted by atomic mass is 10.0. The summed E-state index contributed by atoms with van der Waals surface area (Å²) in [6.07, 6.45) is 0. The Kier molecular flexibility index (Phi) is 7.82. The van der Waals surface area contributed by atoms with E-state index >= 15 is 0 Å². The van der Waals surface area contributed by atoms with Gasteiger partial charge >= 0.3 is 0 Å². The van der Waals surface area contributed by atoms with Crippen molar-refractivity contribution in [2.45, 2.75) is 25.4 Å². The topological polar surface area (TPSA) is 52.0 Å². The van der Waals surface area contributed by atoms with Crippen LogP contribution in [0.25, 0.3) is 0 Å². The molecule has 18 heavy (non-hydrogen) atoms. The quantitative estimate of drug-likeness (QED) is 0.721. The molecule has 4 heteroatoms. The van der Waals surface area contributed by atoms with Gasteiger partial charge in [-0.1, -0.05) is 12.1 Å². The normalized spacial score (nSPS) is 10.9. The number of nitrogens with two attached hydrogens (primary N) is 2. The third-order valence-corrected chi connectivity index (χ3v) is 4.93. The van der Waals surface area contributed by atoms with Crippen molar-refractivity contribution in [1.82, 2.24) is 0 Å². The molecular formula is C14H24N2S2. The lowest BCUT2D eigenvalue weighted by molar-refractivity contribution is 1.14. The average molecular weight is 284 g/mol. The molecule has 1 aromatic carbocycles. The van der Waals surface area contributed by atoms with E-state index in [1.54, 1.807) is 0 Å². The molecule has 0 aliphatic rings. The summed E-state index contributed by atoms with van der Waals surface area (Å²) in [5.41, 5.74) is 16.8. The van der Waals surface area contributed by atoms with E-state index in [9.17, 15) is 0 Å². The molecular weight excluding hydrogens is 260 g/mol. The zero-order valence-corrected chi connectivity index (χ0v) is 13.0. The van der Waals surface area contributed by atoms with E-state index in [4.69, 9.17) is 11.5 Å². The van der Waals surface area contributed by atoms with Crippen molar-refractivity contribution in [2.24, 2.45) is 11.5 Å². The Labute approximate surface area is 119 Å². The maximum atomic E-state index is 5.54. The molecule has 0 spiro atoms. The molecule has 0 bridgehead atoms. The lowest BCUT2D eigenvalue weighted by Crippen LogP contribution is -2.04. The van der Waals surface area contributed by atoms with E-state index < -0.39 is 0 Å². The minimum Gasteiger partial charge on any atom is -0.330 e. The Bertz CT molecular complexity index is 332. The molecule has 0 aliphatic heterocycles. The fourth-order valence-electron chi connectivity index (χ4n) is 1.74. The first-order valence-corrected chi connectivity index (χ1v) is 8.64. The van der Waals surface area contributed by atoms with Gasteiger partial charge < -0.3 is 11.5 Å². The summed E-state index contributed by atoms with van der Waals surface area (Å²) < 4.78 is 0. The first kappa shape index (κ1) is 15.9. The van der Waals surface area contributed by atoms with Crippen molar-refractivity contribution in [3.63, 3.8) is 0 Å². The van der Waals surface area contributed by atoms with Crippen molar-refractivity contribution in [3.05, 3.63) is 34.4 Å². The van der Waals surface area contributed by atoms with Crippen LogP contribution in [0, 0.1) is 13.8 Å². The van der Waals surface area contributed by atoms with Gasteiger partial charge in [-0.25, -0.2) is 0 Å². The van der Waals surface area contributed by atoms with Crippen LogP contribution < -0.4 is 11.5 Å². The first-order chi connectivity index (χ1) is 8.69. The standard InChI is InChI=1S/C14H24N2S2/c1-11-7-13(9-17-5-3-15)14(8-12(11)2)10-18-6-4-16/h7-8H,3-6,9-10,15-16H2,1-2H3. The van der Waals surface area contributed by atoms with Gasteiger partial charge in [0.25, 0.3) is 0 Å². The first-order valence-electron chi connectivity index (χ1n) is 6.33. The van der Waals surface area contributed by atoms with E-state index in [2.05, 4.69) is 26.0 Å². The van der Waals surface area contributed by atoms with Crippen LogP contribution >= 0.6 is 23.5 Å². The second-order valence-electron chi connectivity index (χ2n) is 4.39. The highest BCUT2D eigenvalue weighted by atomic mass is 32.2. The summed E-state index contributed by atoms with van der Waals surface area (Å²) in [5.74, 6) is 4.19. The number of hydrogen-bond donors (Lipinski definition) is 2. The van der Waals surface area contributed by atoms with Crippen molar-refractivity contribution in [1.29, 1.82) is 0 Å². The highest BCUT2D eigenvalue weighted by Crippen LogP contribution is 2.24. The van der Waals surface area contributed by atoms with Gasteiger partial charge in [0.15, 0.2) is 0 Å². The van der Waals surface area contributed by atoms with Gasteiger partial charge in [-0.15, -0.1) is 0 Å². The number of benzene rings is 1. The molecule has 1 aromatic rings. The molecule has 0 amide bonds. The summed E-state index contributed by atoms with van der Waals surface area (Å²) in [4.78, 5) is 0. The molecule has 0 saturated carbocycles. The van der Waals surface area contributed by atoms with Gasteiger partial charge in [-0.2, -0.15) is 23.5 Å².